The Morgan fingerprint density at radius 3 is 2.23 bits per heavy atom. The van der Waals surface area contributed by atoms with Crippen LogP contribution in [-0.4, -0.2) is 25.4 Å². The monoisotopic (exact) mass is 448 g/mol. The molecule has 1 amide bonds. The SMILES string of the molecule is Cc1ccc(NC(=O)[C@@H]2CC=CC[C@H]2C(=O)O)cc1S(=O)(=O)Nc1ccc(Cl)cc1. The number of halogens is 1. The summed E-state index contributed by atoms with van der Waals surface area (Å²) in [6, 6.07) is 10.8. The normalized spacial score (nSPS) is 18.6. The van der Waals surface area contributed by atoms with E-state index in [1.165, 1.54) is 6.07 Å². The first kappa shape index (κ1) is 21.9. The van der Waals surface area contributed by atoms with Gasteiger partial charge >= 0.3 is 5.97 Å². The van der Waals surface area contributed by atoms with Crippen LogP contribution in [0.4, 0.5) is 11.4 Å². The molecule has 3 N–H and O–H groups in total. The topological polar surface area (TPSA) is 113 Å². The summed E-state index contributed by atoms with van der Waals surface area (Å²) in [7, 11) is -3.91. The molecule has 3 rings (SSSR count). The number of hydrogen-bond donors (Lipinski definition) is 3. The number of hydrogen-bond acceptors (Lipinski definition) is 4. The number of nitrogens with one attached hydrogen (secondary N) is 2. The number of allylic oxidation sites excluding steroid dienone is 2. The third-order valence-electron chi connectivity index (χ3n) is 4.93. The molecule has 9 heteroatoms. The van der Waals surface area contributed by atoms with Crippen molar-refractivity contribution in [2.24, 2.45) is 11.8 Å². The summed E-state index contributed by atoms with van der Waals surface area (Å²) in [5, 5.41) is 12.5. The number of rotatable bonds is 6. The lowest BCUT2D eigenvalue weighted by atomic mass is 9.82. The quantitative estimate of drug-likeness (QED) is 0.577. The van der Waals surface area contributed by atoms with Crippen LogP contribution in [-0.2, 0) is 19.6 Å². The molecular weight excluding hydrogens is 428 g/mol. The van der Waals surface area contributed by atoms with Gasteiger partial charge in [0.25, 0.3) is 10.0 Å². The zero-order valence-electron chi connectivity index (χ0n) is 16.1. The molecule has 7 nitrogen and oxygen atoms in total. The molecule has 0 aromatic heterocycles. The second kappa shape index (κ2) is 8.89. The fourth-order valence-corrected chi connectivity index (χ4v) is 4.76. The van der Waals surface area contributed by atoms with E-state index in [1.807, 2.05) is 0 Å². The third-order valence-corrected chi connectivity index (χ3v) is 6.70. The van der Waals surface area contributed by atoms with Gasteiger partial charge in [0.15, 0.2) is 0 Å². The van der Waals surface area contributed by atoms with Gasteiger partial charge in [0.05, 0.1) is 16.7 Å². The number of benzene rings is 2. The molecule has 0 unspecified atom stereocenters. The minimum absolute atomic E-state index is 0.00794. The van der Waals surface area contributed by atoms with Gasteiger partial charge in [-0.25, -0.2) is 8.42 Å². The fourth-order valence-electron chi connectivity index (χ4n) is 3.31. The standard InChI is InChI=1S/C21H21ClN2O5S/c1-13-6-9-16(23-20(25)17-4-2-3-5-18(17)21(26)27)12-19(13)30(28,29)24-15-10-7-14(22)8-11-15/h2-3,6-12,17-18,24H,4-5H2,1H3,(H,23,25)(H,26,27)/t17-,18-/m1/s1. The van der Waals surface area contributed by atoms with Gasteiger partial charge < -0.3 is 10.4 Å². The first-order valence-electron chi connectivity index (χ1n) is 9.25. The highest BCUT2D eigenvalue weighted by Crippen LogP contribution is 2.28. The lowest BCUT2D eigenvalue weighted by Crippen LogP contribution is -2.34. The van der Waals surface area contributed by atoms with E-state index in [4.69, 9.17) is 11.6 Å². The number of carbonyl (C=O) groups excluding carboxylic acids is 1. The number of aliphatic carboxylic acids is 1. The molecule has 0 aliphatic heterocycles. The van der Waals surface area contributed by atoms with Crippen molar-refractivity contribution in [1.29, 1.82) is 0 Å². The van der Waals surface area contributed by atoms with Gasteiger partial charge in [0.2, 0.25) is 5.91 Å². The minimum atomic E-state index is -3.91. The smallest absolute Gasteiger partial charge is 0.307 e. The Hall–Kier alpha value is -2.84. The molecule has 0 spiro atoms. The van der Waals surface area contributed by atoms with Crippen molar-refractivity contribution < 1.29 is 23.1 Å². The van der Waals surface area contributed by atoms with Crippen molar-refractivity contribution in [3.63, 3.8) is 0 Å². The fraction of sp³-hybridized carbons (Fsp3) is 0.238. The Kier molecular flexibility index (Phi) is 6.48. The van der Waals surface area contributed by atoms with Crippen molar-refractivity contribution in [2.45, 2.75) is 24.7 Å². The molecule has 0 bridgehead atoms. The van der Waals surface area contributed by atoms with Gasteiger partial charge in [-0.05, 0) is 61.7 Å². The second-order valence-electron chi connectivity index (χ2n) is 7.08. The molecule has 0 fully saturated rings. The van der Waals surface area contributed by atoms with Gasteiger partial charge in [0.1, 0.15) is 0 Å². The second-order valence-corrected chi connectivity index (χ2v) is 9.16. The van der Waals surface area contributed by atoms with Gasteiger partial charge in [-0.1, -0.05) is 29.8 Å². The van der Waals surface area contributed by atoms with Crippen LogP contribution in [0.25, 0.3) is 0 Å². The maximum absolute atomic E-state index is 12.8. The summed E-state index contributed by atoms with van der Waals surface area (Å²) in [5.74, 6) is -3.01. The van der Waals surface area contributed by atoms with Gasteiger partial charge in [-0.15, -0.1) is 0 Å². The summed E-state index contributed by atoms with van der Waals surface area (Å²) in [6.45, 7) is 1.65. The van der Waals surface area contributed by atoms with Crippen LogP contribution >= 0.6 is 11.6 Å². The minimum Gasteiger partial charge on any atom is -0.481 e. The zero-order chi connectivity index (χ0) is 21.9. The molecule has 0 saturated heterocycles. The van der Waals surface area contributed by atoms with Crippen LogP contribution in [0.15, 0.2) is 59.5 Å². The number of carbonyl (C=O) groups is 2. The average Bonchev–Trinajstić information content (AvgIpc) is 2.70. The van der Waals surface area contributed by atoms with E-state index in [1.54, 1.807) is 55.5 Å². The molecule has 1 aliphatic rings. The Labute approximate surface area is 179 Å². The van der Waals surface area contributed by atoms with Crippen LogP contribution in [0.3, 0.4) is 0 Å². The average molecular weight is 449 g/mol. The van der Waals surface area contributed by atoms with Gasteiger partial charge in [-0.3, -0.25) is 14.3 Å². The molecule has 1 aliphatic carbocycles. The molecular formula is C21H21ClN2O5S. The number of sulfonamides is 1. The van der Waals surface area contributed by atoms with Crippen LogP contribution < -0.4 is 10.0 Å². The number of anilines is 2. The molecule has 2 aromatic rings. The first-order chi connectivity index (χ1) is 14.2. The molecule has 0 heterocycles. The molecule has 0 radical (unpaired) electrons. The van der Waals surface area contributed by atoms with E-state index >= 15 is 0 Å². The Morgan fingerprint density at radius 1 is 1.00 bits per heavy atom. The third kappa shape index (κ3) is 5.01. The van der Waals surface area contributed by atoms with Crippen LogP contribution in [0.2, 0.25) is 5.02 Å². The maximum atomic E-state index is 12.8. The number of carboxylic acid groups (broad SMARTS) is 1. The molecule has 2 aromatic carbocycles. The first-order valence-corrected chi connectivity index (χ1v) is 11.1. The highest BCUT2D eigenvalue weighted by Gasteiger charge is 2.34. The molecule has 2 atom stereocenters. The lowest BCUT2D eigenvalue weighted by Gasteiger charge is -2.24. The number of carboxylic acids is 1. The van der Waals surface area contributed by atoms with Crippen molar-refractivity contribution in [3.05, 3.63) is 65.2 Å². The Balaban J connectivity index is 1.82. The lowest BCUT2D eigenvalue weighted by molar-refractivity contribution is -0.146. The van der Waals surface area contributed by atoms with Crippen molar-refractivity contribution in [2.75, 3.05) is 10.0 Å². The largest absolute Gasteiger partial charge is 0.481 e. The molecule has 0 saturated carbocycles. The Morgan fingerprint density at radius 2 is 1.60 bits per heavy atom. The maximum Gasteiger partial charge on any atom is 0.307 e. The summed E-state index contributed by atoms with van der Waals surface area (Å²) >= 11 is 5.83. The predicted molar refractivity (Wildman–Crippen MR) is 115 cm³/mol. The van der Waals surface area contributed by atoms with Gasteiger partial charge in [-0.2, -0.15) is 0 Å². The van der Waals surface area contributed by atoms with E-state index in [2.05, 4.69) is 10.0 Å². The van der Waals surface area contributed by atoms with Crippen molar-refractivity contribution >= 4 is 44.9 Å². The highest BCUT2D eigenvalue weighted by molar-refractivity contribution is 7.92. The van der Waals surface area contributed by atoms with E-state index in [0.717, 1.165) is 0 Å². The number of aryl methyl sites for hydroxylation is 1. The van der Waals surface area contributed by atoms with E-state index in [0.29, 0.717) is 22.7 Å². The van der Waals surface area contributed by atoms with Crippen molar-refractivity contribution in [1.82, 2.24) is 0 Å². The number of amides is 1. The van der Waals surface area contributed by atoms with E-state index in [-0.39, 0.29) is 17.0 Å². The molecule has 158 valence electrons. The van der Waals surface area contributed by atoms with Crippen LogP contribution in [0.5, 0.6) is 0 Å². The highest BCUT2D eigenvalue weighted by atomic mass is 35.5. The van der Waals surface area contributed by atoms with Crippen LogP contribution in [0.1, 0.15) is 18.4 Å². The summed E-state index contributed by atoms with van der Waals surface area (Å²) in [4.78, 5) is 24.1. The summed E-state index contributed by atoms with van der Waals surface area (Å²) in [5.41, 5.74) is 1.13. The summed E-state index contributed by atoms with van der Waals surface area (Å²) in [6.07, 6.45) is 4.14. The van der Waals surface area contributed by atoms with E-state index in [9.17, 15) is 23.1 Å². The van der Waals surface area contributed by atoms with Crippen LogP contribution in [0, 0.1) is 18.8 Å². The van der Waals surface area contributed by atoms with Crippen molar-refractivity contribution in [3.8, 4) is 0 Å². The van der Waals surface area contributed by atoms with E-state index < -0.39 is 33.7 Å². The summed E-state index contributed by atoms with van der Waals surface area (Å²) < 4.78 is 28.2. The zero-order valence-corrected chi connectivity index (χ0v) is 17.7. The van der Waals surface area contributed by atoms with Gasteiger partial charge in [0, 0.05) is 16.4 Å². The Bertz CT molecular complexity index is 1100. The predicted octanol–water partition coefficient (Wildman–Crippen LogP) is 4.05. The molecule has 30 heavy (non-hydrogen) atoms.